The van der Waals surface area contributed by atoms with Crippen LogP contribution in [0.25, 0.3) is 0 Å². The van der Waals surface area contributed by atoms with E-state index < -0.39 is 39.4 Å². The van der Waals surface area contributed by atoms with Crippen LogP contribution in [-0.4, -0.2) is 36.9 Å². The number of halogens is 3. The van der Waals surface area contributed by atoms with Gasteiger partial charge in [-0.3, -0.25) is 4.79 Å². The van der Waals surface area contributed by atoms with Gasteiger partial charge in [0.05, 0.1) is 17.2 Å². The van der Waals surface area contributed by atoms with Gasteiger partial charge in [-0.05, 0) is 24.5 Å². The molecular weight excluding hydrogens is 335 g/mol. The van der Waals surface area contributed by atoms with Crippen LogP contribution in [0.15, 0.2) is 24.3 Å². The van der Waals surface area contributed by atoms with Gasteiger partial charge in [0.2, 0.25) is 10.0 Å². The molecule has 1 aromatic carbocycles. The van der Waals surface area contributed by atoms with Gasteiger partial charge in [-0.1, -0.05) is 18.2 Å². The Hall–Kier alpha value is -1.61. The normalized spacial score (nSPS) is 18.0. The Labute approximate surface area is 131 Å². The zero-order valence-electron chi connectivity index (χ0n) is 12.1. The van der Waals surface area contributed by atoms with Gasteiger partial charge < -0.3 is 5.11 Å². The second-order valence-electron chi connectivity index (χ2n) is 5.47. The molecule has 0 bridgehead atoms. The molecular formula is C14H16F3NO4S. The molecule has 0 spiro atoms. The number of aliphatic carboxylic acids is 1. The second-order valence-corrected chi connectivity index (χ2v) is 7.43. The first kappa shape index (κ1) is 17.7. The summed E-state index contributed by atoms with van der Waals surface area (Å²) in [4.78, 5) is 10.9. The van der Waals surface area contributed by atoms with Gasteiger partial charge in [0.1, 0.15) is 0 Å². The molecule has 0 amide bonds. The van der Waals surface area contributed by atoms with Crippen molar-refractivity contribution in [2.45, 2.75) is 24.8 Å². The van der Waals surface area contributed by atoms with Crippen molar-refractivity contribution in [2.24, 2.45) is 5.92 Å². The molecule has 1 fully saturated rings. The van der Waals surface area contributed by atoms with Crippen molar-refractivity contribution < 1.29 is 31.5 Å². The topological polar surface area (TPSA) is 74.7 Å². The number of nitrogens with zero attached hydrogens (tertiary/aromatic N) is 1. The van der Waals surface area contributed by atoms with Crippen molar-refractivity contribution in [3.05, 3.63) is 35.4 Å². The molecule has 1 N–H and O–H groups in total. The zero-order valence-corrected chi connectivity index (χ0v) is 12.9. The number of piperidine rings is 1. The van der Waals surface area contributed by atoms with Crippen LogP contribution in [0.3, 0.4) is 0 Å². The third kappa shape index (κ3) is 4.44. The fraction of sp³-hybridized carbons (Fsp3) is 0.500. The highest BCUT2D eigenvalue weighted by molar-refractivity contribution is 7.88. The molecule has 0 aliphatic carbocycles. The van der Waals surface area contributed by atoms with Gasteiger partial charge in [-0.15, -0.1) is 0 Å². The van der Waals surface area contributed by atoms with E-state index in [0.717, 1.165) is 16.4 Å². The van der Waals surface area contributed by atoms with Gasteiger partial charge in [-0.2, -0.15) is 13.2 Å². The molecule has 5 nitrogen and oxygen atoms in total. The summed E-state index contributed by atoms with van der Waals surface area (Å²) in [5, 5.41) is 8.89. The van der Waals surface area contributed by atoms with E-state index in [0.29, 0.717) is 0 Å². The minimum atomic E-state index is -4.53. The molecule has 9 heteroatoms. The molecule has 2 rings (SSSR count). The Morgan fingerprint density at radius 1 is 1.26 bits per heavy atom. The number of hydrogen-bond donors (Lipinski definition) is 1. The van der Waals surface area contributed by atoms with Crippen molar-refractivity contribution in [3.63, 3.8) is 0 Å². The largest absolute Gasteiger partial charge is 0.481 e. The first-order valence-corrected chi connectivity index (χ1v) is 8.57. The van der Waals surface area contributed by atoms with E-state index in [-0.39, 0.29) is 31.5 Å². The average molecular weight is 351 g/mol. The van der Waals surface area contributed by atoms with Crippen LogP contribution in [0.5, 0.6) is 0 Å². The molecule has 128 valence electrons. The summed E-state index contributed by atoms with van der Waals surface area (Å²) in [5.41, 5.74) is -0.838. The summed E-state index contributed by atoms with van der Waals surface area (Å²) in [6.07, 6.45) is -4.12. The van der Waals surface area contributed by atoms with Crippen molar-refractivity contribution in [1.29, 1.82) is 0 Å². The predicted octanol–water partition coefficient (Wildman–Crippen LogP) is 2.33. The number of carboxylic acids is 1. The van der Waals surface area contributed by atoms with Gasteiger partial charge in [0.25, 0.3) is 0 Å². The van der Waals surface area contributed by atoms with E-state index in [9.17, 15) is 26.4 Å². The smallest absolute Gasteiger partial charge is 0.416 e. The fourth-order valence-corrected chi connectivity index (χ4v) is 4.07. The molecule has 0 unspecified atom stereocenters. The maximum Gasteiger partial charge on any atom is 0.416 e. The van der Waals surface area contributed by atoms with E-state index in [1.165, 1.54) is 12.1 Å². The zero-order chi connectivity index (χ0) is 17.3. The number of carbonyl (C=O) groups is 1. The third-order valence-corrected chi connectivity index (χ3v) is 5.65. The SMILES string of the molecule is O=C(O)C1CCN(S(=O)(=O)Cc2cccc(C(F)(F)F)c2)CC1. The van der Waals surface area contributed by atoms with Gasteiger partial charge in [0, 0.05) is 13.1 Å². The Balaban J connectivity index is 2.09. The maximum atomic E-state index is 12.7. The van der Waals surface area contributed by atoms with Crippen LogP contribution in [0.2, 0.25) is 0 Å². The summed E-state index contributed by atoms with van der Waals surface area (Å²) in [6.45, 7) is 0.135. The highest BCUT2D eigenvalue weighted by atomic mass is 32.2. The van der Waals surface area contributed by atoms with E-state index in [1.807, 2.05) is 0 Å². The lowest BCUT2D eigenvalue weighted by Crippen LogP contribution is -2.40. The third-order valence-electron chi connectivity index (χ3n) is 3.80. The van der Waals surface area contributed by atoms with Crippen LogP contribution in [-0.2, 0) is 26.7 Å². The van der Waals surface area contributed by atoms with Crippen molar-refractivity contribution in [1.82, 2.24) is 4.31 Å². The summed E-state index contributed by atoms with van der Waals surface area (Å²) < 4.78 is 63.7. The van der Waals surface area contributed by atoms with E-state index >= 15 is 0 Å². The summed E-state index contributed by atoms with van der Waals surface area (Å²) in [5.74, 6) is -2.07. The van der Waals surface area contributed by atoms with Crippen LogP contribution in [0.1, 0.15) is 24.0 Å². The quantitative estimate of drug-likeness (QED) is 0.903. The highest BCUT2D eigenvalue weighted by Crippen LogP contribution is 2.30. The number of benzene rings is 1. The number of carboxylic acid groups (broad SMARTS) is 1. The molecule has 0 radical (unpaired) electrons. The summed E-state index contributed by atoms with van der Waals surface area (Å²) >= 11 is 0. The van der Waals surface area contributed by atoms with Crippen molar-refractivity contribution >= 4 is 16.0 Å². The van der Waals surface area contributed by atoms with Crippen LogP contribution >= 0.6 is 0 Å². The van der Waals surface area contributed by atoms with Crippen molar-refractivity contribution in [3.8, 4) is 0 Å². The molecule has 1 aromatic rings. The van der Waals surface area contributed by atoms with Gasteiger partial charge in [0.15, 0.2) is 0 Å². The van der Waals surface area contributed by atoms with Gasteiger partial charge >= 0.3 is 12.1 Å². The number of rotatable bonds is 4. The Morgan fingerprint density at radius 3 is 2.39 bits per heavy atom. The molecule has 1 aliphatic heterocycles. The number of hydrogen-bond acceptors (Lipinski definition) is 3. The highest BCUT2D eigenvalue weighted by Gasteiger charge is 2.33. The van der Waals surface area contributed by atoms with E-state index in [4.69, 9.17) is 5.11 Å². The Morgan fingerprint density at radius 2 is 1.87 bits per heavy atom. The minimum Gasteiger partial charge on any atom is -0.481 e. The maximum absolute atomic E-state index is 12.7. The standard InChI is InChI=1S/C14H16F3NO4S/c15-14(16,17)12-3-1-2-10(8-12)9-23(21,22)18-6-4-11(5-7-18)13(19)20/h1-3,8,11H,4-7,9H2,(H,19,20). The lowest BCUT2D eigenvalue weighted by atomic mass is 9.99. The molecule has 1 aliphatic rings. The predicted molar refractivity (Wildman–Crippen MR) is 76.0 cm³/mol. The molecule has 0 atom stereocenters. The molecule has 1 heterocycles. The summed E-state index contributed by atoms with van der Waals surface area (Å²) in [7, 11) is -3.77. The molecule has 0 aromatic heterocycles. The number of sulfonamides is 1. The minimum absolute atomic E-state index is 0.0557. The van der Waals surface area contributed by atoms with Crippen molar-refractivity contribution in [2.75, 3.05) is 13.1 Å². The first-order chi connectivity index (χ1) is 10.6. The first-order valence-electron chi connectivity index (χ1n) is 6.96. The van der Waals surface area contributed by atoms with Crippen LogP contribution < -0.4 is 0 Å². The second kappa shape index (κ2) is 6.48. The lowest BCUT2D eigenvalue weighted by Gasteiger charge is -2.29. The monoisotopic (exact) mass is 351 g/mol. The molecule has 1 saturated heterocycles. The molecule has 23 heavy (non-hydrogen) atoms. The van der Waals surface area contributed by atoms with Gasteiger partial charge in [-0.25, -0.2) is 12.7 Å². The van der Waals surface area contributed by atoms with E-state index in [1.54, 1.807) is 0 Å². The Kier molecular flexibility index (Phi) is 5.00. The van der Waals surface area contributed by atoms with Crippen LogP contribution in [0.4, 0.5) is 13.2 Å². The summed E-state index contributed by atoms with van der Waals surface area (Å²) in [6, 6.07) is 4.21. The average Bonchev–Trinajstić information content (AvgIpc) is 2.46. The fourth-order valence-electron chi connectivity index (χ4n) is 2.52. The number of alkyl halides is 3. The van der Waals surface area contributed by atoms with E-state index in [2.05, 4.69) is 0 Å². The Bertz CT molecular complexity index is 680. The lowest BCUT2D eigenvalue weighted by molar-refractivity contribution is -0.143. The molecule has 0 saturated carbocycles. The van der Waals surface area contributed by atoms with Crippen LogP contribution in [0, 0.1) is 5.92 Å².